The van der Waals surface area contributed by atoms with E-state index in [1.165, 1.54) is 0 Å². The molecule has 0 bridgehead atoms. The van der Waals surface area contributed by atoms with Crippen LogP contribution < -0.4 is 9.47 Å². The maximum Gasteiger partial charge on any atom is 0.258 e. The topological polar surface area (TPSA) is 70.3 Å². The van der Waals surface area contributed by atoms with Crippen LogP contribution in [-0.4, -0.2) is 29.3 Å². The number of ether oxygens (including phenoxy) is 2. The van der Waals surface area contributed by atoms with Gasteiger partial charge in [-0.3, -0.25) is 0 Å². The summed E-state index contributed by atoms with van der Waals surface area (Å²) in [5.74, 6) is 2.25. The summed E-state index contributed by atoms with van der Waals surface area (Å²) < 4.78 is 16.1. The molecule has 0 aliphatic rings. The van der Waals surface area contributed by atoms with Gasteiger partial charge in [-0.1, -0.05) is 36.3 Å². The third kappa shape index (κ3) is 3.61. The van der Waals surface area contributed by atoms with Gasteiger partial charge in [-0.15, -0.1) is 11.3 Å². The lowest BCUT2D eigenvalue weighted by Crippen LogP contribution is -1.89. The van der Waals surface area contributed by atoms with Crippen molar-refractivity contribution in [2.45, 2.75) is 13.3 Å². The van der Waals surface area contributed by atoms with Crippen molar-refractivity contribution in [3.63, 3.8) is 0 Å². The number of aromatic nitrogens is 3. The van der Waals surface area contributed by atoms with Crippen molar-refractivity contribution in [1.82, 2.24) is 15.1 Å². The molecule has 0 radical (unpaired) electrons. The monoisotopic (exact) mass is 393 g/mol. The number of aryl methyl sites for hydroxylation is 1. The molecule has 0 aliphatic heterocycles. The zero-order valence-electron chi connectivity index (χ0n) is 15.8. The molecule has 0 unspecified atom stereocenters. The first-order valence-corrected chi connectivity index (χ1v) is 9.70. The number of hydrogen-bond donors (Lipinski definition) is 0. The van der Waals surface area contributed by atoms with Gasteiger partial charge in [-0.2, -0.15) is 4.98 Å². The molecule has 0 N–H and O–H groups in total. The average Bonchev–Trinajstić information content (AvgIpc) is 3.43. The highest BCUT2D eigenvalue weighted by atomic mass is 32.1. The molecule has 0 saturated carbocycles. The maximum atomic E-state index is 5.45. The summed E-state index contributed by atoms with van der Waals surface area (Å²) in [6.07, 6.45) is 0.948. The van der Waals surface area contributed by atoms with Crippen molar-refractivity contribution in [3.05, 3.63) is 52.9 Å². The fourth-order valence-corrected chi connectivity index (χ4v) is 3.54. The highest BCUT2D eigenvalue weighted by Crippen LogP contribution is 2.30. The molecule has 0 atom stereocenters. The van der Waals surface area contributed by atoms with Crippen LogP contribution in [0.25, 0.3) is 34.1 Å². The molecule has 7 heteroatoms. The lowest BCUT2D eigenvalue weighted by molar-refractivity contribution is 0.393. The minimum absolute atomic E-state index is 0.406. The molecule has 0 aliphatic carbocycles. The molecule has 0 spiro atoms. The van der Waals surface area contributed by atoms with Crippen molar-refractivity contribution in [2.24, 2.45) is 0 Å². The van der Waals surface area contributed by atoms with Crippen LogP contribution >= 0.6 is 11.3 Å². The molecule has 2 heterocycles. The Kier molecular flexibility index (Phi) is 5.08. The number of thiazole rings is 1. The highest BCUT2D eigenvalue weighted by molar-refractivity contribution is 7.09. The number of rotatable bonds is 6. The van der Waals surface area contributed by atoms with Crippen LogP contribution in [0.15, 0.2) is 52.4 Å². The van der Waals surface area contributed by atoms with Crippen LogP contribution in [0.1, 0.15) is 11.9 Å². The molecule has 28 heavy (non-hydrogen) atoms. The van der Waals surface area contributed by atoms with E-state index in [1.807, 2.05) is 36.4 Å². The quantitative estimate of drug-likeness (QED) is 0.453. The van der Waals surface area contributed by atoms with Gasteiger partial charge in [-0.05, 0) is 18.6 Å². The lowest BCUT2D eigenvalue weighted by atomic mass is 10.1. The van der Waals surface area contributed by atoms with E-state index in [-0.39, 0.29) is 0 Å². The summed E-state index contributed by atoms with van der Waals surface area (Å²) in [5, 5.41) is 7.33. The largest absolute Gasteiger partial charge is 0.497 e. The Morgan fingerprint density at radius 2 is 1.57 bits per heavy atom. The Balaban J connectivity index is 1.61. The fraction of sp³-hybridized carbons (Fsp3) is 0.190. The molecule has 6 nitrogen and oxygen atoms in total. The first-order valence-electron chi connectivity index (χ1n) is 8.82. The third-order valence-corrected chi connectivity index (χ3v) is 5.31. The summed E-state index contributed by atoms with van der Waals surface area (Å²) in [4.78, 5) is 9.14. The molecular weight excluding hydrogens is 374 g/mol. The van der Waals surface area contributed by atoms with Crippen LogP contribution in [0.5, 0.6) is 11.5 Å². The van der Waals surface area contributed by atoms with E-state index in [0.29, 0.717) is 23.2 Å². The molecule has 4 rings (SSSR count). The summed E-state index contributed by atoms with van der Waals surface area (Å²) in [5.41, 5.74) is 3.67. The predicted octanol–water partition coefficient (Wildman–Crippen LogP) is 5.11. The van der Waals surface area contributed by atoms with E-state index >= 15 is 0 Å². The molecular formula is C21H19N3O3S. The minimum Gasteiger partial charge on any atom is -0.497 e. The molecule has 0 saturated heterocycles. The molecule has 2 aromatic carbocycles. The van der Waals surface area contributed by atoms with Gasteiger partial charge >= 0.3 is 0 Å². The third-order valence-electron chi connectivity index (χ3n) is 4.32. The first kappa shape index (κ1) is 18.2. The first-order chi connectivity index (χ1) is 13.7. The number of methoxy groups -OCH3 is 2. The van der Waals surface area contributed by atoms with Crippen LogP contribution in [0.4, 0.5) is 0 Å². The standard InChI is InChI=1S/C21H19N3O3S/c1-4-19-22-18(12-28-19)13-5-7-14(8-6-13)20-23-21(27-24-20)15-9-16(25-2)11-17(10-15)26-3/h5-12H,4H2,1-3H3. The van der Waals surface area contributed by atoms with E-state index < -0.39 is 0 Å². The Hall–Kier alpha value is -3.19. The van der Waals surface area contributed by atoms with Gasteiger partial charge in [0.2, 0.25) is 5.82 Å². The number of hydrogen-bond acceptors (Lipinski definition) is 7. The van der Waals surface area contributed by atoms with Crippen LogP contribution in [0, 0.1) is 0 Å². The van der Waals surface area contributed by atoms with Gasteiger partial charge in [0.15, 0.2) is 0 Å². The fourth-order valence-electron chi connectivity index (χ4n) is 2.78. The Labute approximate surface area is 166 Å². The zero-order chi connectivity index (χ0) is 19.5. The average molecular weight is 393 g/mol. The van der Waals surface area contributed by atoms with Crippen molar-refractivity contribution in [3.8, 4) is 45.6 Å². The van der Waals surface area contributed by atoms with E-state index in [1.54, 1.807) is 31.6 Å². The Morgan fingerprint density at radius 1 is 0.893 bits per heavy atom. The number of nitrogens with zero attached hydrogens (tertiary/aromatic N) is 3. The summed E-state index contributed by atoms with van der Waals surface area (Å²) in [6.45, 7) is 2.11. The van der Waals surface area contributed by atoms with E-state index in [0.717, 1.165) is 33.8 Å². The van der Waals surface area contributed by atoms with Crippen LogP contribution in [0.3, 0.4) is 0 Å². The summed E-state index contributed by atoms with van der Waals surface area (Å²) in [7, 11) is 3.20. The lowest BCUT2D eigenvalue weighted by Gasteiger charge is -2.05. The zero-order valence-corrected chi connectivity index (χ0v) is 16.6. The van der Waals surface area contributed by atoms with Gasteiger partial charge in [0, 0.05) is 28.1 Å². The second kappa shape index (κ2) is 7.82. The van der Waals surface area contributed by atoms with E-state index in [9.17, 15) is 0 Å². The second-order valence-corrected chi connectivity index (χ2v) is 7.02. The maximum absolute atomic E-state index is 5.45. The van der Waals surface area contributed by atoms with Crippen molar-refractivity contribution < 1.29 is 14.0 Å². The molecule has 0 amide bonds. The van der Waals surface area contributed by atoms with Gasteiger partial charge in [0.1, 0.15) is 11.5 Å². The van der Waals surface area contributed by atoms with Crippen LogP contribution in [-0.2, 0) is 6.42 Å². The number of benzene rings is 2. The Bertz CT molecular complexity index is 1060. The van der Waals surface area contributed by atoms with E-state index in [4.69, 9.17) is 14.0 Å². The van der Waals surface area contributed by atoms with Gasteiger partial charge < -0.3 is 14.0 Å². The van der Waals surface area contributed by atoms with Gasteiger partial charge in [0.25, 0.3) is 5.89 Å². The predicted molar refractivity (Wildman–Crippen MR) is 109 cm³/mol. The Morgan fingerprint density at radius 3 is 2.18 bits per heavy atom. The second-order valence-electron chi connectivity index (χ2n) is 6.08. The molecule has 2 aromatic heterocycles. The summed E-state index contributed by atoms with van der Waals surface area (Å²) >= 11 is 1.68. The SMILES string of the molecule is CCc1nc(-c2ccc(-c3noc(-c4cc(OC)cc(OC)c4)n3)cc2)cs1. The van der Waals surface area contributed by atoms with Gasteiger partial charge in [0.05, 0.1) is 24.9 Å². The van der Waals surface area contributed by atoms with Crippen LogP contribution in [0.2, 0.25) is 0 Å². The smallest absolute Gasteiger partial charge is 0.258 e. The molecule has 4 aromatic rings. The van der Waals surface area contributed by atoms with Crippen molar-refractivity contribution in [2.75, 3.05) is 14.2 Å². The summed E-state index contributed by atoms with van der Waals surface area (Å²) in [6, 6.07) is 13.4. The van der Waals surface area contributed by atoms with E-state index in [2.05, 4.69) is 27.4 Å². The molecule has 142 valence electrons. The molecule has 0 fully saturated rings. The highest BCUT2D eigenvalue weighted by Gasteiger charge is 2.13. The minimum atomic E-state index is 0.406. The van der Waals surface area contributed by atoms with Crippen molar-refractivity contribution >= 4 is 11.3 Å². The van der Waals surface area contributed by atoms with Crippen molar-refractivity contribution in [1.29, 1.82) is 0 Å². The normalized spacial score (nSPS) is 10.8. The van der Waals surface area contributed by atoms with Gasteiger partial charge in [-0.25, -0.2) is 4.98 Å².